The molecule has 10 aromatic rings. The third-order valence-corrected chi connectivity index (χ3v) is 16.2. The summed E-state index contributed by atoms with van der Waals surface area (Å²) in [4.78, 5) is 0. The van der Waals surface area contributed by atoms with Crippen LogP contribution in [0.3, 0.4) is 0 Å². The van der Waals surface area contributed by atoms with Crippen LogP contribution in [-0.2, 0) is 0 Å². The molecule has 0 aliphatic heterocycles. The van der Waals surface area contributed by atoms with Gasteiger partial charge in [-0.2, -0.15) is 0 Å². The molecular formula is C54H38Si. The fourth-order valence-electron chi connectivity index (χ4n) is 9.07. The molecule has 0 bridgehead atoms. The van der Waals surface area contributed by atoms with Gasteiger partial charge in [-0.1, -0.05) is 231 Å². The maximum Gasteiger partial charge on any atom is 0.179 e. The van der Waals surface area contributed by atoms with Crippen molar-refractivity contribution in [1.82, 2.24) is 0 Å². The Hall–Kier alpha value is -6.80. The van der Waals surface area contributed by atoms with Crippen LogP contribution in [0.1, 0.15) is 0 Å². The minimum atomic E-state index is -2.64. The maximum absolute atomic E-state index is 2.64. The fourth-order valence-corrected chi connectivity index (χ4v) is 13.8. The van der Waals surface area contributed by atoms with Gasteiger partial charge in [-0.05, 0) is 86.4 Å². The molecule has 55 heavy (non-hydrogen) atoms. The summed E-state index contributed by atoms with van der Waals surface area (Å²) in [5, 5.41) is 13.1. The Kier molecular flexibility index (Phi) is 8.28. The monoisotopic (exact) mass is 714 g/mol. The molecule has 0 fully saturated rings. The summed E-state index contributed by atoms with van der Waals surface area (Å²) in [5.74, 6) is 0. The highest BCUT2D eigenvalue weighted by molar-refractivity contribution is 7.19. The minimum absolute atomic E-state index is 1.23. The molecule has 10 aromatic carbocycles. The summed E-state index contributed by atoms with van der Waals surface area (Å²) in [6.45, 7) is 0. The van der Waals surface area contributed by atoms with Crippen LogP contribution >= 0.6 is 0 Å². The summed E-state index contributed by atoms with van der Waals surface area (Å²) >= 11 is 0. The van der Waals surface area contributed by atoms with Crippen molar-refractivity contribution in [3.8, 4) is 33.4 Å². The predicted molar refractivity (Wildman–Crippen MR) is 239 cm³/mol. The van der Waals surface area contributed by atoms with Gasteiger partial charge in [-0.15, -0.1) is 0 Å². The van der Waals surface area contributed by atoms with Crippen LogP contribution < -0.4 is 20.7 Å². The van der Waals surface area contributed by atoms with Crippen molar-refractivity contribution in [2.24, 2.45) is 0 Å². The molecule has 0 amide bonds. The van der Waals surface area contributed by atoms with Crippen LogP contribution in [0.2, 0.25) is 0 Å². The zero-order valence-corrected chi connectivity index (χ0v) is 31.4. The normalized spacial score (nSPS) is 11.6. The van der Waals surface area contributed by atoms with Gasteiger partial charge in [0.05, 0.1) is 0 Å². The molecule has 10 rings (SSSR count). The molecule has 0 N–H and O–H groups in total. The maximum atomic E-state index is 2.42. The first kappa shape index (κ1) is 32.8. The Morgan fingerprint density at radius 1 is 0.200 bits per heavy atom. The van der Waals surface area contributed by atoms with Crippen molar-refractivity contribution < 1.29 is 0 Å². The average molecular weight is 715 g/mol. The standard InChI is InChI=1S/C54H38Si/c1-5-19-39(20-6-1)45-37-38-52(47-28-14-13-27-46(45)47)54-50-31-17-15-29-48(50)53(49-30-16-18-32-51(49)54)40-33-35-44(36-34-40)55(41-21-7-2-8-22-41,42-23-9-3-10-24-42)43-25-11-4-12-26-43/h1-38H. The highest BCUT2D eigenvalue weighted by atomic mass is 28.3. The van der Waals surface area contributed by atoms with E-state index >= 15 is 0 Å². The summed E-state index contributed by atoms with van der Waals surface area (Å²) in [7, 11) is -2.64. The molecule has 0 aromatic heterocycles. The van der Waals surface area contributed by atoms with E-state index in [9.17, 15) is 0 Å². The topological polar surface area (TPSA) is 0 Å². The van der Waals surface area contributed by atoms with Crippen LogP contribution in [-0.4, -0.2) is 8.07 Å². The number of fused-ring (bicyclic) bond motifs is 3. The van der Waals surface area contributed by atoms with Crippen molar-refractivity contribution in [2.45, 2.75) is 0 Å². The van der Waals surface area contributed by atoms with E-state index in [1.807, 2.05) is 0 Å². The van der Waals surface area contributed by atoms with Crippen molar-refractivity contribution in [3.05, 3.63) is 231 Å². The van der Waals surface area contributed by atoms with Gasteiger partial charge in [0, 0.05) is 0 Å². The summed E-state index contributed by atoms with van der Waals surface area (Å²) < 4.78 is 0. The van der Waals surface area contributed by atoms with Gasteiger partial charge in [0.2, 0.25) is 0 Å². The number of hydrogen-bond acceptors (Lipinski definition) is 0. The summed E-state index contributed by atoms with van der Waals surface area (Å²) in [5.41, 5.74) is 7.53. The van der Waals surface area contributed by atoms with E-state index in [1.54, 1.807) is 0 Å². The molecule has 0 radical (unpaired) electrons. The van der Waals surface area contributed by atoms with E-state index in [-0.39, 0.29) is 0 Å². The lowest BCUT2D eigenvalue weighted by Gasteiger charge is -2.34. The van der Waals surface area contributed by atoms with Gasteiger partial charge >= 0.3 is 0 Å². The Morgan fingerprint density at radius 3 is 0.982 bits per heavy atom. The first-order chi connectivity index (χ1) is 27.3. The second kappa shape index (κ2) is 13.9. The van der Waals surface area contributed by atoms with E-state index in [1.165, 1.54) is 86.4 Å². The van der Waals surface area contributed by atoms with Crippen molar-refractivity contribution >= 4 is 61.1 Å². The van der Waals surface area contributed by atoms with Gasteiger partial charge in [0.25, 0.3) is 0 Å². The van der Waals surface area contributed by atoms with Crippen LogP contribution in [0, 0.1) is 0 Å². The van der Waals surface area contributed by atoms with Crippen LogP contribution in [0.15, 0.2) is 231 Å². The van der Waals surface area contributed by atoms with Gasteiger partial charge in [-0.25, -0.2) is 0 Å². The first-order valence-corrected chi connectivity index (χ1v) is 21.1. The molecule has 0 heterocycles. The smallest absolute Gasteiger partial charge is 0.0623 e. The highest BCUT2D eigenvalue weighted by Crippen LogP contribution is 2.46. The number of benzene rings is 10. The fraction of sp³-hybridized carbons (Fsp3) is 0. The van der Waals surface area contributed by atoms with Crippen molar-refractivity contribution in [2.75, 3.05) is 0 Å². The molecule has 0 atom stereocenters. The summed E-state index contributed by atoms with van der Waals surface area (Å²) in [6.07, 6.45) is 0. The summed E-state index contributed by atoms with van der Waals surface area (Å²) in [6, 6.07) is 85.4. The van der Waals surface area contributed by atoms with E-state index in [0.717, 1.165) is 0 Å². The quantitative estimate of drug-likeness (QED) is 0.0876. The molecule has 0 nitrogen and oxygen atoms in total. The van der Waals surface area contributed by atoms with E-state index in [4.69, 9.17) is 0 Å². The molecule has 0 spiro atoms. The lowest BCUT2D eigenvalue weighted by molar-refractivity contribution is 1.64. The second-order valence-electron chi connectivity index (χ2n) is 14.3. The first-order valence-electron chi connectivity index (χ1n) is 19.1. The zero-order chi connectivity index (χ0) is 36.6. The Bertz CT molecular complexity index is 2780. The van der Waals surface area contributed by atoms with Gasteiger partial charge < -0.3 is 0 Å². The third-order valence-electron chi connectivity index (χ3n) is 11.4. The van der Waals surface area contributed by atoms with E-state index in [2.05, 4.69) is 231 Å². The minimum Gasteiger partial charge on any atom is -0.0623 e. The molecule has 0 aliphatic carbocycles. The molecule has 258 valence electrons. The largest absolute Gasteiger partial charge is 0.179 e. The van der Waals surface area contributed by atoms with Crippen molar-refractivity contribution in [3.63, 3.8) is 0 Å². The van der Waals surface area contributed by atoms with Gasteiger partial charge in [-0.3, -0.25) is 0 Å². The SMILES string of the molecule is c1ccc(-c2ccc(-c3c4ccccc4c(-c4ccc([Si](c5ccccc5)(c5ccccc5)c5ccccc5)cc4)c4ccccc34)c3ccccc23)cc1. The van der Waals surface area contributed by atoms with Gasteiger partial charge in [0.1, 0.15) is 0 Å². The van der Waals surface area contributed by atoms with Crippen LogP contribution in [0.25, 0.3) is 65.7 Å². The highest BCUT2D eigenvalue weighted by Gasteiger charge is 2.41. The predicted octanol–water partition coefficient (Wildman–Crippen LogP) is 11.5. The van der Waals surface area contributed by atoms with E-state index < -0.39 is 8.07 Å². The van der Waals surface area contributed by atoms with E-state index in [0.29, 0.717) is 0 Å². The lowest BCUT2D eigenvalue weighted by Crippen LogP contribution is -2.74. The average Bonchev–Trinajstić information content (AvgIpc) is 3.27. The van der Waals surface area contributed by atoms with Crippen LogP contribution in [0.4, 0.5) is 0 Å². The van der Waals surface area contributed by atoms with Gasteiger partial charge in [0.15, 0.2) is 8.07 Å². The zero-order valence-electron chi connectivity index (χ0n) is 30.4. The second-order valence-corrected chi connectivity index (χ2v) is 18.1. The third kappa shape index (κ3) is 5.43. The Balaban J connectivity index is 1.21. The molecular weight excluding hydrogens is 677 g/mol. The van der Waals surface area contributed by atoms with Crippen LogP contribution in [0.5, 0.6) is 0 Å². The number of hydrogen-bond donors (Lipinski definition) is 0. The molecule has 0 unspecified atom stereocenters. The Labute approximate surface area is 323 Å². The van der Waals surface area contributed by atoms with Crippen molar-refractivity contribution in [1.29, 1.82) is 0 Å². The molecule has 0 saturated carbocycles. The Morgan fingerprint density at radius 2 is 0.527 bits per heavy atom. The number of rotatable bonds is 7. The lowest BCUT2D eigenvalue weighted by atomic mass is 9.84. The molecule has 1 heteroatoms. The molecule has 0 aliphatic rings. The molecule has 0 saturated heterocycles.